The summed E-state index contributed by atoms with van der Waals surface area (Å²) in [7, 11) is 1.90. The number of nitrogens with one attached hydrogen (secondary N) is 1. The molecule has 10 heteroatoms. The molecular formula is C25H31N7O2S. The van der Waals surface area contributed by atoms with Gasteiger partial charge in [-0.05, 0) is 57.5 Å². The molecule has 0 radical (unpaired) electrons. The maximum atomic E-state index is 12.8. The molecule has 5 rings (SSSR count). The summed E-state index contributed by atoms with van der Waals surface area (Å²) in [6.07, 6.45) is 7.21. The zero-order chi connectivity index (χ0) is 24.7. The van der Waals surface area contributed by atoms with E-state index in [1.807, 2.05) is 50.9 Å². The van der Waals surface area contributed by atoms with Gasteiger partial charge in [0.1, 0.15) is 11.4 Å². The monoisotopic (exact) mass is 493 g/mol. The van der Waals surface area contributed by atoms with Crippen LogP contribution in [0.15, 0.2) is 36.1 Å². The van der Waals surface area contributed by atoms with Crippen LogP contribution in [0.2, 0.25) is 0 Å². The molecule has 1 N–H and O–H groups in total. The fourth-order valence-corrected chi connectivity index (χ4v) is 5.18. The second-order valence-electron chi connectivity index (χ2n) is 10.1. The molecule has 1 atom stereocenters. The molecule has 5 heterocycles. The van der Waals surface area contributed by atoms with E-state index in [0.717, 1.165) is 46.1 Å². The maximum absolute atomic E-state index is 12.8. The molecule has 1 fully saturated rings. The van der Waals surface area contributed by atoms with Crippen molar-refractivity contribution in [3.8, 4) is 11.1 Å². The van der Waals surface area contributed by atoms with Crippen molar-refractivity contribution in [2.45, 2.75) is 52.1 Å². The van der Waals surface area contributed by atoms with Crippen molar-refractivity contribution >= 4 is 33.9 Å². The summed E-state index contributed by atoms with van der Waals surface area (Å²) in [5.41, 5.74) is 4.27. The van der Waals surface area contributed by atoms with Gasteiger partial charge in [-0.1, -0.05) is 0 Å². The van der Waals surface area contributed by atoms with E-state index in [2.05, 4.69) is 40.0 Å². The van der Waals surface area contributed by atoms with Gasteiger partial charge in [0, 0.05) is 49.4 Å². The Morgan fingerprint density at radius 1 is 1.23 bits per heavy atom. The standard InChI is InChI=1S/C25H31N7O2S/c1-16-9-22(35-15-16)29-21-10-20(17-7-6-8-31(14-17)24(33)34-25(2,3)4)28-23-19(12-27-32(21)23)18-11-26-30(5)13-18/h9-13,15,17,29H,6-8,14H2,1-5H3. The number of piperidine rings is 1. The highest BCUT2D eigenvalue weighted by molar-refractivity contribution is 7.14. The molecule has 4 aromatic rings. The number of hydrogen-bond donors (Lipinski definition) is 1. The number of rotatable bonds is 4. The van der Waals surface area contributed by atoms with Gasteiger partial charge in [-0.15, -0.1) is 11.3 Å². The molecular weight excluding hydrogens is 462 g/mol. The first-order valence-electron chi connectivity index (χ1n) is 11.8. The molecule has 1 aliphatic rings. The Kier molecular flexibility index (Phi) is 6.00. The van der Waals surface area contributed by atoms with Crippen LogP contribution in [0.25, 0.3) is 16.8 Å². The van der Waals surface area contributed by atoms with Gasteiger partial charge < -0.3 is 15.0 Å². The highest BCUT2D eigenvalue weighted by Gasteiger charge is 2.30. The van der Waals surface area contributed by atoms with E-state index in [1.165, 1.54) is 5.56 Å². The number of carbonyl (C=O) groups is 1. The first kappa shape index (κ1) is 23.3. The Bertz CT molecular complexity index is 1360. The zero-order valence-electron chi connectivity index (χ0n) is 20.8. The lowest BCUT2D eigenvalue weighted by atomic mass is 9.94. The zero-order valence-corrected chi connectivity index (χ0v) is 21.6. The van der Waals surface area contributed by atoms with Gasteiger partial charge in [-0.2, -0.15) is 14.7 Å². The summed E-state index contributed by atoms with van der Waals surface area (Å²) in [6, 6.07) is 4.18. The summed E-state index contributed by atoms with van der Waals surface area (Å²) in [5.74, 6) is 0.944. The molecule has 184 valence electrons. The van der Waals surface area contributed by atoms with Crippen LogP contribution in [0.4, 0.5) is 15.6 Å². The van der Waals surface area contributed by atoms with Crippen LogP contribution >= 0.6 is 11.3 Å². The van der Waals surface area contributed by atoms with Gasteiger partial charge >= 0.3 is 6.09 Å². The summed E-state index contributed by atoms with van der Waals surface area (Å²) >= 11 is 1.66. The average Bonchev–Trinajstić information content (AvgIpc) is 3.52. The SMILES string of the molecule is Cc1csc(Nc2cc(C3CCCN(C(=O)OC(C)(C)C)C3)nc3c(-c4cnn(C)c4)cnn23)c1. The molecule has 0 aliphatic carbocycles. The average molecular weight is 494 g/mol. The Morgan fingerprint density at radius 3 is 2.74 bits per heavy atom. The first-order chi connectivity index (χ1) is 16.7. The second-order valence-corrected chi connectivity index (χ2v) is 11.1. The molecule has 9 nitrogen and oxygen atoms in total. The molecule has 1 saturated heterocycles. The number of carbonyl (C=O) groups excluding carboxylic acids is 1. The van der Waals surface area contributed by atoms with Crippen LogP contribution in [0.5, 0.6) is 0 Å². The second kappa shape index (κ2) is 8.99. The van der Waals surface area contributed by atoms with Gasteiger partial charge in [-0.25, -0.2) is 9.78 Å². The highest BCUT2D eigenvalue weighted by Crippen LogP contribution is 2.33. The Balaban J connectivity index is 1.53. The Hall–Kier alpha value is -3.40. The lowest BCUT2D eigenvalue weighted by Crippen LogP contribution is -2.42. The largest absolute Gasteiger partial charge is 0.444 e. The minimum atomic E-state index is -0.521. The molecule has 0 saturated carbocycles. The number of nitrogens with zero attached hydrogens (tertiary/aromatic N) is 6. The van der Waals surface area contributed by atoms with Crippen molar-refractivity contribution < 1.29 is 9.53 Å². The molecule has 1 amide bonds. The number of aryl methyl sites for hydroxylation is 2. The van der Waals surface area contributed by atoms with Crippen LogP contribution < -0.4 is 5.32 Å². The van der Waals surface area contributed by atoms with Crippen molar-refractivity contribution in [3.05, 3.63) is 47.4 Å². The minimum absolute atomic E-state index is 0.100. The lowest BCUT2D eigenvalue weighted by molar-refractivity contribution is 0.0197. The fourth-order valence-electron chi connectivity index (χ4n) is 4.38. The van der Waals surface area contributed by atoms with E-state index >= 15 is 0 Å². The molecule has 1 unspecified atom stereocenters. The van der Waals surface area contributed by atoms with Crippen LogP contribution in [0.3, 0.4) is 0 Å². The van der Waals surface area contributed by atoms with Crippen molar-refractivity contribution in [2.75, 3.05) is 18.4 Å². The quantitative estimate of drug-likeness (QED) is 0.412. The van der Waals surface area contributed by atoms with Crippen LogP contribution in [-0.4, -0.2) is 54.1 Å². The third kappa shape index (κ3) is 5.02. The summed E-state index contributed by atoms with van der Waals surface area (Å²) in [4.78, 5) is 19.6. The number of hydrogen-bond acceptors (Lipinski definition) is 7. The van der Waals surface area contributed by atoms with E-state index in [1.54, 1.807) is 20.9 Å². The fraction of sp³-hybridized carbons (Fsp3) is 0.440. The van der Waals surface area contributed by atoms with E-state index in [0.29, 0.717) is 13.1 Å². The van der Waals surface area contributed by atoms with E-state index in [-0.39, 0.29) is 12.0 Å². The normalized spacial score (nSPS) is 16.6. The minimum Gasteiger partial charge on any atom is -0.444 e. The summed E-state index contributed by atoms with van der Waals surface area (Å²) in [5, 5.41) is 15.7. The van der Waals surface area contributed by atoms with Gasteiger partial charge in [-0.3, -0.25) is 4.68 Å². The van der Waals surface area contributed by atoms with Gasteiger partial charge in [0.05, 0.1) is 23.1 Å². The molecule has 1 aliphatic heterocycles. The van der Waals surface area contributed by atoms with E-state index < -0.39 is 5.60 Å². The number of fused-ring (bicyclic) bond motifs is 1. The maximum Gasteiger partial charge on any atom is 0.410 e. The molecule has 0 spiro atoms. The first-order valence-corrected chi connectivity index (χ1v) is 12.7. The Morgan fingerprint density at radius 2 is 2.06 bits per heavy atom. The topological polar surface area (TPSA) is 89.6 Å². The summed E-state index contributed by atoms with van der Waals surface area (Å²) in [6.45, 7) is 9.03. The number of ether oxygens (including phenoxy) is 1. The van der Waals surface area contributed by atoms with Crippen LogP contribution in [0, 0.1) is 6.92 Å². The Labute approximate surface area is 208 Å². The number of likely N-dealkylation sites (tertiary alicyclic amines) is 1. The van der Waals surface area contributed by atoms with Crippen molar-refractivity contribution in [2.24, 2.45) is 7.05 Å². The number of anilines is 2. The van der Waals surface area contributed by atoms with E-state index in [4.69, 9.17) is 9.72 Å². The number of amides is 1. The third-order valence-electron chi connectivity index (χ3n) is 5.98. The molecule has 0 bridgehead atoms. The van der Waals surface area contributed by atoms with E-state index in [9.17, 15) is 4.79 Å². The predicted molar refractivity (Wildman–Crippen MR) is 137 cm³/mol. The lowest BCUT2D eigenvalue weighted by Gasteiger charge is -2.34. The van der Waals surface area contributed by atoms with Gasteiger partial charge in [0.25, 0.3) is 0 Å². The summed E-state index contributed by atoms with van der Waals surface area (Å²) < 4.78 is 9.25. The van der Waals surface area contributed by atoms with Gasteiger partial charge in [0.2, 0.25) is 0 Å². The van der Waals surface area contributed by atoms with Crippen molar-refractivity contribution in [1.29, 1.82) is 0 Å². The number of aromatic nitrogens is 5. The van der Waals surface area contributed by atoms with Crippen LogP contribution in [0.1, 0.15) is 50.8 Å². The predicted octanol–water partition coefficient (Wildman–Crippen LogP) is 5.36. The number of thiophene rings is 1. The smallest absolute Gasteiger partial charge is 0.410 e. The van der Waals surface area contributed by atoms with Gasteiger partial charge in [0.15, 0.2) is 5.65 Å². The molecule has 4 aromatic heterocycles. The van der Waals surface area contributed by atoms with Crippen molar-refractivity contribution in [3.63, 3.8) is 0 Å². The third-order valence-corrected chi connectivity index (χ3v) is 6.94. The molecule has 0 aromatic carbocycles. The highest BCUT2D eigenvalue weighted by atomic mass is 32.1. The van der Waals surface area contributed by atoms with Crippen LogP contribution in [-0.2, 0) is 11.8 Å². The van der Waals surface area contributed by atoms with Crippen molar-refractivity contribution in [1.82, 2.24) is 29.3 Å². The molecule has 35 heavy (non-hydrogen) atoms.